The molecule has 1 fully saturated rings. The first kappa shape index (κ1) is 14.0. The second-order valence-electron chi connectivity index (χ2n) is 7.23. The molecule has 1 aliphatic heterocycles. The van der Waals surface area contributed by atoms with Crippen molar-refractivity contribution in [1.29, 1.82) is 0 Å². The Kier molecular flexibility index (Phi) is 4.42. The lowest BCUT2D eigenvalue weighted by molar-refractivity contribution is 0.0856. The highest BCUT2D eigenvalue weighted by atomic mass is 15.2. The summed E-state index contributed by atoms with van der Waals surface area (Å²) in [6.45, 7) is 17.4. The Morgan fingerprint density at radius 2 is 1.50 bits per heavy atom. The molecule has 0 aliphatic carbocycles. The van der Waals surface area contributed by atoms with Crippen molar-refractivity contribution >= 4 is 0 Å². The topological polar surface area (TPSA) is 15.3 Å². The first-order valence-electron chi connectivity index (χ1n) is 6.68. The van der Waals surface area contributed by atoms with E-state index in [1.165, 1.54) is 32.5 Å². The predicted octanol–water partition coefficient (Wildman–Crippen LogP) is 2.89. The highest BCUT2D eigenvalue weighted by Crippen LogP contribution is 2.23. The third-order valence-electron chi connectivity index (χ3n) is 3.48. The maximum absolute atomic E-state index is 3.63. The molecular formula is C14H30N2. The lowest BCUT2D eigenvalue weighted by atomic mass is 9.92. The Morgan fingerprint density at radius 3 is 1.88 bits per heavy atom. The molecule has 0 aromatic heterocycles. The van der Waals surface area contributed by atoms with E-state index in [4.69, 9.17) is 0 Å². The van der Waals surface area contributed by atoms with Crippen molar-refractivity contribution in [1.82, 2.24) is 10.2 Å². The van der Waals surface area contributed by atoms with Crippen LogP contribution in [0.1, 0.15) is 54.4 Å². The number of nitrogens with zero attached hydrogens (tertiary/aromatic N) is 1. The molecule has 2 heteroatoms. The molecule has 2 nitrogen and oxygen atoms in total. The SMILES string of the molecule is CC(C)(C)NCC1CCN(C(C)(C)C)CC1. The standard InChI is InChI=1S/C14H30N2/c1-13(2,3)15-11-12-7-9-16(10-8-12)14(4,5)6/h12,15H,7-11H2,1-6H3. The number of hydrogen-bond donors (Lipinski definition) is 1. The Balaban J connectivity index is 2.28. The Hall–Kier alpha value is -0.0800. The van der Waals surface area contributed by atoms with Gasteiger partial charge in [0, 0.05) is 11.1 Å². The minimum Gasteiger partial charge on any atom is -0.312 e. The van der Waals surface area contributed by atoms with Gasteiger partial charge in [0.25, 0.3) is 0 Å². The fraction of sp³-hybridized carbons (Fsp3) is 1.00. The van der Waals surface area contributed by atoms with E-state index in [0.29, 0.717) is 5.54 Å². The minimum atomic E-state index is 0.265. The van der Waals surface area contributed by atoms with E-state index in [9.17, 15) is 0 Å². The third kappa shape index (κ3) is 4.84. The zero-order valence-corrected chi connectivity index (χ0v) is 12.1. The van der Waals surface area contributed by atoms with E-state index in [0.717, 1.165) is 5.92 Å². The summed E-state index contributed by atoms with van der Waals surface area (Å²) < 4.78 is 0. The zero-order chi connectivity index (χ0) is 12.4. The smallest absolute Gasteiger partial charge is 0.0125 e. The monoisotopic (exact) mass is 226 g/mol. The van der Waals surface area contributed by atoms with E-state index in [2.05, 4.69) is 51.8 Å². The summed E-state index contributed by atoms with van der Waals surface area (Å²) in [4.78, 5) is 2.61. The summed E-state index contributed by atoms with van der Waals surface area (Å²) in [7, 11) is 0. The van der Waals surface area contributed by atoms with Crippen molar-refractivity contribution in [2.24, 2.45) is 5.92 Å². The lowest BCUT2D eigenvalue weighted by Gasteiger charge is -2.41. The van der Waals surface area contributed by atoms with Gasteiger partial charge in [0.05, 0.1) is 0 Å². The number of likely N-dealkylation sites (tertiary alicyclic amines) is 1. The molecule has 0 amide bonds. The van der Waals surface area contributed by atoms with Crippen LogP contribution >= 0.6 is 0 Å². The molecule has 0 aromatic carbocycles. The van der Waals surface area contributed by atoms with E-state index in [1.807, 2.05) is 0 Å². The molecule has 1 N–H and O–H groups in total. The van der Waals surface area contributed by atoms with Gasteiger partial charge in [0.2, 0.25) is 0 Å². The minimum absolute atomic E-state index is 0.265. The molecule has 1 saturated heterocycles. The average molecular weight is 226 g/mol. The van der Waals surface area contributed by atoms with Crippen LogP contribution in [0, 0.1) is 5.92 Å². The van der Waals surface area contributed by atoms with E-state index < -0.39 is 0 Å². The number of hydrogen-bond acceptors (Lipinski definition) is 2. The van der Waals surface area contributed by atoms with Gasteiger partial charge in [-0.15, -0.1) is 0 Å². The van der Waals surface area contributed by atoms with Crippen LogP contribution in [0.25, 0.3) is 0 Å². The Labute approximate surface area is 102 Å². The molecule has 1 heterocycles. The first-order chi connectivity index (χ1) is 7.18. The summed E-state index contributed by atoms with van der Waals surface area (Å²) >= 11 is 0. The fourth-order valence-corrected chi connectivity index (χ4v) is 2.26. The van der Waals surface area contributed by atoms with E-state index in [-0.39, 0.29) is 5.54 Å². The van der Waals surface area contributed by atoms with Gasteiger partial charge >= 0.3 is 0 Å². The van der Waals surface area contributed by atoms with Gasteiger partial charge in [-0.05, 0) is 79.9 Å². The molecule has 0 atom stereocenters. The van der Waals surface area contributed by atoms with Crippen LogP contribution in [-0.4, -0.2) is 35.6 Å². The van der Waals surface area contributed by atoms with Gasteiger partial charge < -0.3 is 5.32 Å². The maximum atomic E-state index is 3.63. The largest absolute Gasteiger partial charge is 0.312 e. The molecule has 0 spiro atoms. The van der Waals surface area contributed by atoms with Crippen molar-refractivity contribution in [3.63, 3.8) is 0 Å². The summed E-state index contributed by atoms with van der Waals surface area (Å²) in [6.07, 6.45) is 2.70. The van der Waals surface area contributed by atoms with Crippen molar-refractivity contribution in [3.05, 3.63) is 0 Å². The van der Waals surface area contributed by atoms with Crippen LogP contribution < -0.4 is 5.32 Å². The van der Waals surface area contributed by atoms with Gasteiger partial charge in [-0.25, -0.2) is 0 Å². The Bertz CT molecular complexity index is 202. The molecule has 16 heavy (non-hydrogen) atoms. The van der Waals surface area contributed by atoms with E-state index in [1.54, 1.807) is 0 Å². The second kappa shape index (κ2) is 5.05. The Morgan fingerprint density at radius 1 is 1.00 bits per heavy atom. The summed E-state index contributed by atoms with van der Waals surface area (Å²) in [5.41, 5.74) is 0.615. The molecule has 0 saturated carbocycles. The molecule has 1 aliphatic rings. The molecule has 0 aromatic rings. The van der Waals surface area contributed by atoms with Gasteiger partial charge in [0.1, 0.15) is 0 Å². The van der Waals surface area contributed by atoms with Crippen LogP contribution in [0.2, 0.25) is 0 Å². The molecular weight excluding hydrogens is 196 g/mol. The predicted molar refractivity (Wildman–Crippen MR) is 71.8 cm³/mol. The quantitative estimate of drug-likeness (QED) is 0.779. The molecule has 1 rings (SSSR count). The number of nitrogens with one attached hydrogen (secondary N) is 1. The number of piperidine rings is 1. The van der Waals surface area contributed by atoms with Crippen LogP contribution in [0.15, 0.2) is 0 Å². The maximum Gasteiger partial charge on any atom is 0.0125 e. The van der Waals surface area contributed by atoms with Gasteiger partial charge in [-0.2, -0.15) is 0 Å². The highest BCUT2D eigenvalue weighted by molar-refractivity contribution is 4.83. The van der Waals surface area contributed by atoms with Crippen molar-refractivity contribution in [2.45, 2.75) is 65.5 Å². The summed E-state index contributed by atoms with van der Waals surface area (Å²) in [5.74, 6) is 0.873. The van der Waals surface area contributed by atoms with Crippen LogP contribution in [0.4, 0.5) is 0 Å². The molecule has 0 bridgehead atoms. The van der Waals surface area contributed by atoms with Crippen LogP contribution in [0.3, 0.4) is 0 Å². The fourth-order valence-electron chi connectivity index (χ4n) is 2.26. The zero-order valence-electron chi connectivity index (χ0n) is 12.1. The van der Waals surface area contributed by atoms with Crippen molar-refractivity contribution in [2.75, 3.05) is 19.6 Å². The van der Waals surface area contributed by atoms with Gasteiger partial charge in [-0.1, -0.05) is 0 Å². The van der Waals surface area contributed by atoms with Gasteiger partial charge in [0.15, 0.2) is 0 Å². The second-order valence-corrected chi connectivity index (χ2v) is 7.23. The third-order valence-corrected chi connectivity index (χ3v) is 3.48. The van der Waals surface area contributed by atoms with E-state index >= 15 is 0 Å². The average Bonchev–Trinajstić information content (AvgIpc) is 2.13. The summed E-state index contributed by atoms with van der Waals surface area (Å²) in [6, 6.07) is 0. The highest BCUT2D eigenvalue weighted by Gasteiger charge is 2.27. The summed E-state index contributed by atoms with van der Waals surface area (Å²) in [5, 5.41) is 3.63. The van der Waals surface area contributed by atoms with Crippen LogP contribution in [0.5, 0.6) is 0 Å². The lowest BCUT2D eigenvalue weighted by Crippen LogP contribution is -2.48. The molecule has 0 radical (unpaired) electrons. The van der Waals surface area contributed by atoms with Crippen molar-refractivity contribution in [3.8, 4) is 0 Å². The molecule has 96 valence electrons. The number of rotatable bonds is 2. The van der Waals surface area contributed by atoms with Crippen LogP contribution in [-0.2, 0) is 0 Å². The molecule has 0 unspecified atom stereocenters. The normalized spacial score (nSPS) is 21.4. The first-order valence-corrected chi connectivity index (χ1v) is 6.68. The van der Waals surface area contributed by atoms with Crippen molar-refractivity contribution < 1.29 is 0 Å². The van der Waals surface area contributed by atoms with Gasteiger partial charge in [-0.3, -0.25) is 4.90 Å².